The molecule has 4 nitrogen and oxygen atoms in total. The summed E-state index contributed by atoms with van der Waals surface area (Å²) in [5.74, 6) is 0. The van der Waals surface area contributed by atoms with Gasteiger partial charge in [0.1, 0.15) is 0 Å². The molecule has 1 atom stereocenters. The summed E-state index contributed by atoms with van der Waals surface area (Å²) in [7, 11) is -3.64. The molecule has 19 heavy (non-hydrogen) atoms. The van der Waals surface area contributed by atoms with Crippen LogP contribution < -0.4 is 5.73 Å². The molecule has 1 saturated heterocycles. The highest BCUT2D eigenvalue weighted by Crippen LogP contribution is 2.35. The summed E-state index contributed by atoms with van der Waals surface area (Å²) in [6.07, 6.45) is -3.08. The molecule has 2 rings (SSSR count). The zero-order valence-electron chi connectivity index (χ0n) is 9.98. The minimum absolute atomic E-state index is 0.175. The number of nitrogen functional groups attached to an aromatic ring is 1. The molecule has 0 aliphatic carbocycles. The lowest BCUT2D eigenvalue weighted by Gasteiger charge is -2.15. The van der Waals surface area contributed by atoms with Gasteiger partial charge in [-0.2, -0.15) is 17.7 Å². The van der Waals surface area contributed by atoms with E-state index in [1.807, 2.05) is 0 Å². The Labute approximate surface area is 109 Å². The van der Waals surface area contributed by atoms with E-state index in [1.54, 1.807) is 0 Å². The summed E-state index contributed by atoms with van der Waals surface area (Å²) in [5.41, 5.74) is 4.21. The van der Waals surface area contributed by atoms with Gasteiger partial charge in [0.25, 0.3) is 0 Å². The molecular formula is C11H14F3N2O2S+. The third kappa shape index (κ3) is 2.90. The van der Waals surface area contributed by atoms with Crippen molar-refractivity contribution >= 4 is 16.1 Å². The van der Waals surface area contributed by atoms with Gasteiger partial charge >= 0.3 is 16.6 Å². The number of halogens is 3. The molecule has 0 radical (unpaired) electrons. The molecule has 106 valence electrons. The summed E-state index contributed by atoms with van der Waals surface area (Å²) < 4.78 is 61.6. The van der Waals surface area contributed by atoms with Gasteiger partial charge in [0.05, 0.1) is 5.56 Å². The first-order valence-corrected chi connectivity index (χ1v) is 7.18. The molecule has 1 aliphatic heterocycles. The fourth-order valence-corrected chi connectivity index (χ4v) is 3.65. The van der Waals surface area contributed by atoms with Crippen LogP contribution in [0.1, 0.15) is 18.4 Å². The van der Waals surface area contributed by atoms with Crippen LogP contribution in [-0.2, 0) is 20.8 Å². The molecule has 8 heteroatoms. The maximum atomic E-state index is 12.7. The summed E-state index contributed by atoms with van der Waals surface area (Å²) >= 11 is 0. The molecule has 0 saturated carbocycles. The summed E-state index contributed by atoms with van der Waals surface area (Å²) in [5, 5.41) is 0. The smallest absolute Gasteiger partial charge is 0.399 e. The molecule has 0 amide bonds. The van der Waals surface area contributed by atoms with Crippen LogP contribution in [0, 0.1) is 0 Å². The van der Waals surface area contributed by atoms with Crippen LogP contribution in [0.4, 0.5) is 18.9 Å². The quantitative estimate of drug-likeness (QED) is 0.651. The Morgan fingerprint density at radius 2 is 1.79 bits per heavy atom. The van der Waals surface area contributed by atoms with Gasteiger partial charge in [0.2, 0.25) is 4.90 Å². The largest absolute Gasteiger partial charge is 0.416 e. The SMILES string of the molecule is Nc1cc(C(F)(F)F)cc([S+](=O)(O)N2CCCC2)c1. The van der Waals surface area contributed by atoms with Crippen LogP contribution in [0.2, 0.25) is 0 Å². The average Bonchev–Trinajstić information content (AvgIpc) is 2.80. The van der Waals surface area contributed by atoms with E-state index in [4.69, 9.17) is 5.73 Å². The van der Waals surface area contributed by atoms with Crippen molar-refractivity contribution in [3.63, 3.8) is 0 Å². The van der Waals surface area contributed by atoms with Crippen LogP contribution in [0.3, 0.4) is 0 Å². The van der Waals surface area contributed by atoms with Crippen molar-refractivity contribution in [2.75, 3.05) is 18.8 Å². The van der Waals surface area contributed by atoms with Crippen LogP contribution >= 0.6 is 0 Å². The maximum Gasteiger partial charge on any atom is 0.416 e. The molecule has 0 spiro atoms. The van der Waals surface area contributed by atoms with Crippen molar-refractivity contribution in [3.05, 3.63) is 23.8 Å². The van der Waals surface area contributed by atoms with Crippen molar-refractivity contribution in [3.8, 4) is 0 Å². The van der Waals surface area contributed by atoms with Gasteiger partial charge in [0, 0.05) is 30.9 Å². The van der Waals surface area contributed by atoms with Crippen molar-refractivity contribution in [2.45, 2.75) is 23.9 Å². The van der Waals surface area contributed by atoms with E-state index in [0.29, 0.717) is 19.2 Å². The van der Waals surface area contributed by atoms with Crippen LogP contribution in [-0.4, -0.2) is 21.9 Å². The number of nitrogens with two attached hydrogens (primary N) is 1. The van der Waals surface area contributed by atoms with Crippen molar-refractivity contribution in [2.24, 2.45) is 0 Å². The predicted molar refractivity (Wildman–Crippen MR) is 65.6 cm³/mol. The molecule has 0 bridgehead atoms. The van der Waals surface area contributed by atoms with Gasteiger partial charge < -0.3 is 5.73 Å². The predicted octanol–water partition coefficient (Wildman–Crippen LogP) is 2.63. The molecule has 1 fully saturated rings. The number of alkyl halides is 3. The first-order valence-electron chi connectivity index (χ1n) is 5.71. The fraction of sp³-hybridized carbons (Fsp3) is 0.455. The molecule has 1 aliphatic rings. The Balaban J connectivity index is 2.44. The Bertz CT molecular complexity index is 527. The maximum absolute atomic E-state index is 12.7. The fourth-order valence-electron chi connectivity index (χ4n) is 2.02. The van der Waals surface area contributed by atoms with E-state index in [9.17, 15) is 21.9 Å². The van der Waals surface area contributed by atoms with Gasteiger partial charge in [-0.25, -0.2) is 0 Å². The lowest BCUT2D eigenvalue weighted by atomic mass is 10.2. The number of benzene rings is 1. The van der Waals surface area contributed by atoms with Gasteiger partial charge in [-0.15, -0.1) is 0 Å². The molecule has 1 heterocycles. The Morgan fingerprint density at radius 1 is 1.21 bits per heavy atom. The number of nitrogens with zero attached hydrogens (tertiary/aromatic N) is 1. The molecule has 1 aromatic carbocycles. The van der Waals surface area contributed by atoms with Crippen LogP contribution in [0.15, 0.2) is 23.1 Å². The van der Waals surface area contributed by atoms with Gasteiger partial charge in [-0.3, -0.25) is 0 Å². The minimum atomic E-state index is -4.59. The number of hydrogen-bond donors (Lipinski definition) is 2. The Kier molecular flexibility index (Phi) is 3.59. The van der Waals surface area contributed by atoms with Gasteiger partial charge in [-0.1, -0.05) is 4.31 Å². The molecule has 1 unspecified atom stereocenters. The second-order valence-electron chi connectivity index (χ2n) is 4.42. The highest BCUT2D eigenvalue weighted by atomic mass is 32.3. The lowest BCUT2D eigenvalue weighted by Crippen LogP contribution is -2.33. The van der Waals surface area contributed by atoms with Crippen molar-refractivity contribution < 1.29 is 21.9 Å². The molecule has 1 aromatic rings. The normalized spacial score (nSPS) is 20.4. The van der Waals surface area contributed by atoms with E-state index < -0.39 is 22.1 Å². The monoisotopic (exact) mass is 295 g/mol. The Hall–Kier alpha value is -1.12. The Morgan fingerprint density at radius 3 is 2.32 bits per heavy atom. The van der Waals surface area contributed by atoms with Crippen molar-refractivity contribution in [1.29, 1.82) is 0 Å². The highest BCUT2D eigenvalue weighted by Gasteiger charge is 2.42. The van der Waals surface area contributed by atoms with E-state index in [-0.39, 0.29) is 10.6 Å². The zero-order chi connectivity index (χ0) is 14.3. The standard InChI is InChI=1S/C11H13F3N2O2S/c12-11(13,14)8-5-9(15)7-10(6-8)19(17,18)16-3-1-2-4-16/h5-7H,1-4,15H2/p+1. The summed E-state index contributed by atoms with van der Waals surface area (Å²) in [6.45, 7) is 0.789. The second kappa shape index (κ2) is 4.77. The first kappa shape index (κ1) is 14.3. The number of anilines is 1. The second-order valence-corrected chi connectivity index (χ2v) is 6.40. The minimum Gasteiger partial charge on any atom is -0.399 e. The topological polar surface area (TPSA) is 66.6 Å². The van der Waals surface area contributed by atoms with E-state index in [2.05, 4.69) is 0 Å². The summed E-state index contributed by atoms with van der Waals surface area (Å²) in [4.78, 5) is -0.290. The van der Waals surface area contributed by atoms with Crippen molar-refractivity contribution in [1.82, 2.24) is 4.31 Å². The summed E-state index contributed by atoms with van der Waals surface area (Å²) in [6, 6.07) is 2.57. The van der Waals surface area contributed by atoms with E-state index in [1.165, 1.54) is 4.31 Å². The highest BCUT2D eigenvalue weighted by molar-refractivity contribution is 7.95. The number of rotatable bonds is 2. The number of hydrogen-bond acceptors (Lipinski definition) is 2. The van der Waals surface area contributed by atoms with E-state index >= 15 is 0 Å². The van der Waals surface area contributed by atoms with Gasteiger partial charge in [0.15, 0.2) is 0 Å². The van der Waals surface area contributed by atoms with Gasteiger partial charge in [-0.05, 0) is 23.1 Å². The molecule has 3 N–H and O–H groups in total. The first-order chi connectivity index (χ1) is 8.71. The average molecular weight is 295 g/mol. The van der Waals surface area contributed by atoms with E-state index in [0.717, 1.165) is 25.0 Å². The molecular weight excluding hydrogens is 281 g/mol. The third-order valence-electron chi connectivity index (χ3n) is 2.98. The van der Waals surface area contributed by atoms with Crippen LogP contribution in [0.5, 0.6) is 0 Å². The third-order valence-corrected chi connectivity index (χ3v) is 4.89. The zero-order valence-corrected chi connectivity index (χ0v) is 10.8. The van der Waals surface area contributed by atoms with Crippen LogP contribution in [0.25, 0.3) is 0 Å². The molecule has 0 aromatic heterocycles. The lowest BCUT2D eigenvalue weighted by molar-refractivity contribution is -0.137.